The van der Waals surface area contributed by atoms with Gasteiger partial charge >= 0.3 is 10.8 Å². The highest BCUT2D eigenvalue weighted by molar-refractivity contribution is 9.10. The van der Waals surface area contributed by atoms with Gasteiger partial charge in [0.2, 0.25) is 0 Å². The third-order valence-electron chi connectivity index (χ3n) is 2.35. The molecule has 1 aliphatic rings. The average molecular weight is 288 g/mol. The smallest absolute Gasteiger partial charge is 0.331 e. The molecule has 0 spiro atoms. The lowest BCUT2D eigenvalue weighted by molar-refractivity contribution is -0.165. The van der Waals surface area contributed by atoms with E-state index in [4.69, 9.17) is 0 Å². The van der Waals surface area contributed by atoms with Gasteiger partial charge < -0.3 is 15.2 Å². The summed E-state index contributed by atoms with van der Waals surface area (Å²) in [7, 11) is 0. The summed E-state index contributed by atoms with van der Waals surface area (Å²) in [5.41, 5.74) is -2.43. The second kappa shape index (κ2) is 4.31. The highest BCUT2D eigenvalue weighted by atomic mass is 79.9. The fourth-order valence-corrected chi connectivity index (χ4v) is 1.96. The van der Waals surface area contributed by atoms with E-state index in [1.165, 1.54) is 0 Å². The SMILES string of the molecule is CCOC(=O)[C@H]1NCC[C@@]1(O)C(F)(F)Br. The number of alkyl halides is 3. The Morgan fingerprint density at radius 2 is 2.40 bits per heavy atom. The molecular weight excluding hydrogens is 276 g/mol. The van der Waals surface area contributed by atoms with Crippen LogP contribution in [-0.2, 0) is 9.53 Å². The first-order valence-electron chi connectivity index (χ1n) is 4.52. The topological polar surface area (TPSA) is 58.6 Å². The molecule has 0 aromatic heterocycles. The van der Waals surface area contributed by atoms with Crippen molar-refractivity contribution < 1.29 is 23.4 Å². The van der Waals surface area contributed by atoms with Gasteiger partial charge in [0.05, 0.1) is 6.61 Å². The fourth-order valence-electron chi connectivity index (χ4n) is 1.53. The molecule has 0 amide bonds. The minimum absolute atomic E-state index is 0.0843. The molecule has 0 aromatic carbocycles. The molecule has 7 heteroatoms. The predicted molar refractivity (Wildman–Crippen MR) is 51.9 cm³/mol. The minimum atomic E-state index is -3.53. The molecule has 0 unspecified atom stereocenters. The van der Waals surface area contributed by atoms with Crippen LogP contribution in [0.1, 0.15) is 13.3 Å². The number of rotatable bonds is 3. The van der Waals surface area contributed by atoms with Crippen molar-refractivity contribution in [2.45, 2.75) is 29.8 Å². The van der Waals surface area contributed by atoms with Crippen LogP contribution in [-0.4, -0.2) is 40.7 Å². The van der Waals surface area contributed by atoms with E-state index in [0.717, 1.165) is 0 Å². The minimum Gasteiger partial charge on any atom is -0.465 e. The third kappa shape index (κ3) is 2.29. The number of aliphatic hydroxyl groups is 1. The number of carbonyl (C=O) groups is 1. The zero-order chi connectivity index (χ0) is 11.7. The highest BCUT2D eigenvalue weighted by Gasteiger charge is 2.61. The molecule has 0 bridgehead atoms. The van der Waals surface area contributed by atoms with Crippen LogP contribution in [0.5, 0.6) is 0 Å². The zero-order valence-electron chi connectivity index (χ0n) is 8.10. The molecule has 1 heterocycles. The number of hydrogen-bond acceptors (Lipinski definition) is 4. The summed E-state index contributed by atoms with van der Waals surface area (Å²) in [6.07, 6.45) is -0.214. The third-order valence-corrected chi connectivity index (χ3v) is 3.03. The van der Waals surface area contributed by atoms with Gasteiger partial charge in [0, 0.05) is 0 Å². The second-order valence-electron chi connectivity index (χ2n) is 3.31. The molecule has 0 saturated carbocycles. The first kappa shape index (κ1) is 12.8. The van der Waals surface area contributed by atoms with E-state index in [9.17, 15) is 18.7 Å². The van der Waals surface area contributed by atoms with Gasteiger partial charge in [-0.15, -0.1) is 0 Å². The molecule has 1 fully saturated rings. The van der Waals surface area contributed by atoms with E-state index in [2.05, 4.69) is 26.0 Å². The molecule has 2 atom stereocenters. The maximum absolute atomic E-state index is 13.1. The quantitative estimate of drug-likeness (QED) is 0.591. The van der Waals surface area contributed by atoms with E-state index >= 15 is 0 Å². The fraction of sp³-hybridized carbons (Fsp3) is 0.875. The molecule has 4 nitrogen and oxygen atoms in total. The molecule has 1 saturated heterocycles. The van der Waals surface area contributed by atoms with E-state index in [1.54, 1.807) is 6.92 Å². The monoisotopic (exact) mass is 287 g/mol. The number of carbonyl (C=O) groups excluding carboxylic acids is 1. The number of ether oxygens (including phenoxy) is 1. The van der Waals surface area contributed by atoms with E-state index in [-0.39, 0.29) is 19.6 Å². The summed E-state index contributed by atoms with van der Waals surface area (Å²) < 4.78 is 30.8. The van der Waals surface area contributed by atoms with E-state index in [1.807, 2.05) is 0 Å². The maximum atomic E-state index is 13.1. The predicted octanol–water partition coefficient (Wildman–Crippen LogP) is 0.630. The molecular formula is C8H12BrF2NO3. The lowest BCUT2D eigenvalue weighted by atomic mass is 9.95. The summed E-state index contributed by atoms with van der Waals surface area (Å²) in [6.45, 7) is 1.79. The first-order valence-corrected chi connectivity index (χ1v) is 5.31. The molecule has 0 aromatic rings. The van der Waals surface area contributed by atoms with Crippen molar-refractivity contribution in [3.05, 3.63) is 0 Å². The normalized spacial score (nSPS) is 31.7. The van der Waals surface area contributed by atoms with Crippen molar-refractivity contribution in [1.82, 2.24) is 5.32 Å². The van der Waals surface area contributed by atoms with Gasteiger partial charge in [0.1, 0.15) is 6.04 Å². The summed E-state index contributed by atoms with van der Waals surface area (Å²) in [4.78, 5) is 7.78. The van der Waals surface area contributed by atoms with E-state index < -0.39 is 22.4 Å². The molecule has 1 aliphatic heterocycles. The van der Waals surface area contributed by atoms with Crippen molar-refractivity contribution in [3.63, 3.8) is 0 Å². The molecule has 0 radical (unpaired) electrons. The maximum Gasteiger partial charge on any atom is 0.331 e. The van der Waals surface area contributed by atoms with Crippen LogP contribution in [0, 0.1) is 0 Å². The Labute approximate surface area is 94.1 Å². The van der Waals surface area contributed by atoms with Crippen LogP contribution in [0.15, 0.2) is 0 Å². The Morgan fingerprint density at radius 3 is 2.87 bits per heavy atom. The van der Waals surface area contributed by atoms with Gasteiger partial charge in [-0.05, 0) is 35.8 Å². The lowest BCUT2D eigenvalue weighted by Gasteiger charge is -2.31. The van der Waals surface area contributed by atoms with Crippen LogP contribution in [0.4, 0.5) is 8.78 Å². The number of halogens is 3. The Balaban J connectivity index is 2.85. The van der Waals surface area contributed by atoms with Gasteiger partial charge in [-0.3, -0.25) is 4.79 Å². The van der Waals surface area contributed by atoms with Crippen molar-refractivity contribution >= 4 is 21.9 Å². The highest BCUT2D eigenvalue weighted by Crippen LogP contribution is 2.42. The number of nitrogens with one attached hydrogen (secondary N) is 1. The van der Waals surface area contributed by atoms with Gasteiger partial charge in [0.15, 0.2) is 5.60 Å². The van der Waals surface area contributed by atoms with Crippen LogP contribution >= 0.6 is 15.9 Å². The molecule has 88 valence electrons. The summed E-state index contributed by atoms with van der Waals surface area (Å²) in [5, 5.41) is 12.2. The number of hydrogen-bond donors (Lipinski definition) is 2. The van der Waals surface area contributed by atoms with Crippen LogP contribution in [0.2, 0.25) is 0 Å². The lowest BCUT2D eigenvalue weighted by Crippen LogP contribution is -2.57. The van der Waals surface area contributed by atoms with Gasteiger partial charge in [-0.25, -0.2) is 0 Å². The first-order chi connectivity index (χ1) is 6.83. The Kier molecular flexibility index (Phi) is 3.67. The summed E-state index contributed by atoms with van der Waals surface area (Å²) >= 11 is 2.09. The van der Waals surface area contributed by atoms with Gasteiger partial charge in [-0.2, -0.15) is 8.78 Å². The molecule has 15 heavy (non-hydrogen) atoms. The second-order valence-corrected chi connectivity index (χ2v) is 4.31. The van der Waals surface area contributed by atoms with Crippen molar-refractivity contribution in [3.8, 4) is 0 Å². The van der Waals surface area contributed by atoms with Gasteiger partial charge in [-0.1, -0.05) is 0 Å². The summed E-state index contributed by atoms with van der Waals surface area (Å²) in [5.74, 6) is -0.864. The van der Waals surface area contributed by atoms with Crippen LogP contribution in [0.25, 0.3) is 0 Å². The Hall–Kier alpha value is -0.270. The number of esters is 1. The van der Waals surface area contributed by atoms with Crippen molar-refractivity contribution in [2.75, 3.05) is 13.2 Å². The largest absolute Gasteiger partial charge is 0.465 e. The molecule has 1 rings (SSSR count). The average Bonchev–Trinajstić information content (AvgIpc) is 2.48. The van der Waals surface area contributed by atoms with E-state index in [0.29, 0.717) is 0 Å². The van der Waals surface area contributed by atoms with Gasteiger partial charge in [0.25, 0.3) is 0 Å². The standard InChI is InChI=1S/C8H12BrF2NO3/c1-2-15-6(13)5-7(14,3-4-12-5)8(9,10)11/h5,12,14H,2-4H2,1H3/t5-,7+/m1/s1. The Morgan fingerprint density at radius 1 is 1.80 bits per heavy atom. The zero-order valence-corrected chi connectivity index (χ0v) is 9.68. The molecule has 0 aliphatic carbocycles. The van der Waals surface area contributed by atoms with Crippen LogP contribution < -0.4 is 5.32 Å². The van der Waals surface area contributed by atoms with Crippen LogP contribution in [0.3, 0.4) is 0 Å². The Bertz CT molecular complexity index is 259. The van der Waals surface area contributed by atoms with Crippen molar-refractivity contribution in [1.29, 1.82) is 0 Å². The van der Waals surface area contributed by atoms with Crippen molar-refractivity contribution in [2.24, 2.45) is 0 Å². The summed E-state index contributed by atoms with van der Waals surface area (Å²) in [6, 6.07) is -1.40. The molecule has 2 N–H and O–H groups in total.